The Kier molecular flexibility index (Phi) is 7.96. The fourth-order valence-electron chi connectivity index (χ4n) is 4.62. The highest BCUT2D eigenvalue weighted by molar-refractivity contribution is 9.10. The van der Waals surface area contributed by atoms with E-state index in [2.05, 4.69) is 73.5 Å². The molecule has 0 bridgehead atoms. The van der Waals surface area contributed by atoms with Crippen LogP contribution in [0.4, 0.5) is 11.6 Å². The summed E-state index contributed by atoms with van der Waals surface area (Å²) in [4.78, 5) is 29.3. The quantitative estimate of drug-likeness (QED) is 0.251. The van der Waals surface area contributed by atoms with Crippen LogP contribution in [-0.2, 0) is 0 Å². The molecule has 2 atom stereocenters. The molecule has 0 aromatic carbocycles. The average molecular weight is 556 g/mol. The number of nitrogens with one attached hydrogen (secondary N) is 2. The van der Waals surface area contributed by atoms with E-state index < -0.39 is 0 Å². The number of halogens is 1. The highest BCUT2D eigenvalue weighted by Gasteiger charge is 2.38. The number of anilines is 2. The molecule has 0 aliphatic carbocycles. The van der Waals surface area contributed by atoms with Crippen LogP contribution >= 0.6 is 27.9 Å². The molecule has 1 amide bonds. The lowest BCUT2D eigenvalue weighted by molar-refractivity contribution is 0.0984. The van der Waals surface area contributed by atoms with E-state index in [9.17, 15) is 4.79 Å². The molecule has 0 saturated carbocycles. The second-order valence-corrected chi connectivity index (χ2v) is 11.1. The monoisotopic (exact) mass is 554 g/mol. The summed E-state index contributed by atoms with van der Waals surface area (Å²) in [5, 5.41) is 4.14. The van der Waals surface area contributed by atoms with Crippen LogP contribution in [0.2, 0.25) is 0 Å². The summed E-state index contributed by atoms with van der Waals surface area (Å²) >= 11 is 4.67. The number of hydrogen-bond donors (Lipinski definition) is 2. The van der Waals surface area contributed by atoms with Crippen LogP contribution in [0.1, 0.15) is 62.6 Å². The molecule has 4 rings (SSSR count). The van der Waals surface area contributed by atoms with E-state index in [4.69, 9.17) is 0 Å². The number of amides is 1. The topological polar surface area (TPSA) is 83.0 Å². The number of carbonyl (C=O) groups is 1. The van der Waals surface area contributed by atoms with E-state index in [1.165, 1.54) is 11.9 Å². The summed E-state index contributed by atoms with van der Waals surface area (Å²) in [5.74, 6) is 1.78. The maximum atomic E-state index is 13.2. The van der Waals surface area contributed by atoms with E-state index >= 15 is 0 Å². The Balaban J connectivity index is 1.47. The van der Waals surface area contributed by atoms with Crippen LogP contribution in [0.3, 0.4) is 0 Å². The molecule has 184 valence electrons. The van der Waals surface area contributed by atoms with Gasteiger partial charge in [0.15, 0.2) is 0 Å². The minimum Gasteiger partial charge on any atom is -0.362 e. The molecule has 1 aliphatic heterocycles. The van der Waals surface area contributed by atoms with E-state index in [1.54, 1.807) is 12.3 Å². The first-order valence-electron chi connectivity index (χ1n) is 11.8. The molecule has 2 unspecified atom stereocenters. The average Bonchev–Trinajstić information content (AvgIpc) is 3.13. The molecule has 3 aromatic rings. The van der Waals surface area contributed by atoms with Crippen molar-refractivity contribution in [2.45, 2.75) is 57.1 Å². The van der Waals surface area contributed by atoms with Crippen molar-refractivity contribution in [3.63, 3.8) is 0 Å². The van der Waals surface area contributed by atoms with Crippen molar-refractivity contribution in [3.8, 4) is 0 Å². The number of aromatic nitrogens is 3. The molecule has 35 heavy (non-hydrogen) atoms. The fraction of sp³-hybridized carbons (Fsp3) is 0.385. The Morgan fingerprint density at radius 2 is 2.03 bits per heavy atom. The predicted molar refractivity (Wildman–Crippen MR) is 146 cm³/mol. The van der Waals surface area contributed by atoms with Crippen molar-refractivity contribution < 1.29 is 4.79 Å². The van der Waals surface area contributed by atoms with Crippen molar-refractivity contribution in [1.29, 1.82) is 0 Å². The van der Waals surface area contributed by atoms with Gasteiger partial charge in [-0.2, -0.15) is 0 Å². The molecule has 1 fully saturated rings. The van der Waals surface area contributed by atoms with Gasteiger partial charge in [0.25, 0.3) is 5.91 Å². The third-order valence-corrected chi connectivity index (χ3v) is 7.33. The summed E-state index contributed by atoms with van der Waals surface area (Å²) in [6.07, 6.45) is 3.72. The zero-order chi connectivity index (χ0) is 25.0. The Morgan fingerprint density at radius 1 is 1.20 bits per heavy atom. The number of carbonyl (C=O) groups excluding carboxylic acids is 1. The molecular weight excluding hydrogens is 524 g/mol. The molecule has 3 aromatic heterocycles. The van der Waals surface area contributed by atoms with Crippen LogP contribution in [-0.4, -0.2) is 32.9 Å². The summed E-state index contributed by atoms with van der Waals surface area (Å²) in [6, 6.07) is 15.3. The van der Waals surface area contributed by atoms with Crippen LogP contribution in [0, 0.1) is 5.92 Å². The Morgan fingerprint density at radius 3 is 2.71 bits per heavy atom. The first kappa shape index (κ1) is 25.4. The van der Waals surface area contributed by atoms with E-state index in [-0.39, 0.29) is 17.5 Å². The number of pyridine rings is 3. The maximum absolute atomic E-state index is 13.2. The zero-order valence-electron chi connectivity index (χ0n) is 20.5. The largest absolute Gasteiger partial charge is 0.362 e. The van der Waals surface area contributed by atoms with Gasteiger partial charge in [-0.3, -0.25) is 14.5 Å². The van der Waals surface area contributed by atoms with Crippen LogP contribution < -0.4 is 14.9 Å². The SMILES string of the molecule is CCC(Nc1cccc(SNC(=O)c2ccc(Br)nc2N2CC(C)CC2(C)C)n1)c1ccccn1. The lowest BCUT2D eigenvalue weighted by atomic mass is 9.97. The van der Waals surface area contributed by atoms with Crippen LogP contribution in [0.25, 0.3) is 0 Å². The number of hydrogen-bond acceptors (Lipinski definition) is 7. The molecule has 9 heteroatoms. The van der Waals surface area contributed by atoms with Gasteiger partial charge >= 0.3 is 0 Å². The molecule has 1 aliphatic rings. The van der Waals surface area contributed by atoms with Crippen LogP contribution in [0.5, 0.6) is 0 Å². The second kappa shape index (κ2) is 11.0. The smallest absolute Gasteiger partial charge is 0.265 e. The Hall–Kier alpha value is -2.65. The van der Waals surface area contributed by atoms with Gasteiger partial charge in [0.2, 0.25) is 0 Å². The van der Waals surface area contributed by atoms with Crippen molar-refractivity contribution in [2.24, 2.45) is 5.92 Å². The maximum Gasteiger partial charge on any atom is 0.265 e. The van der Waals surface area contributed by atoms with Gasteiger partial charge in [-0.15, -0.1) is 0 Å². The molecule has 0 spiro atoms. The van der Waals surface area contributed by atoms with Gasteiger partial charge in [0.05, 0.1) is 17.3 Å². The lowest BCUT2D eigenvalue weighted by Crippen LogP contribution is -2.40. The van der Waals surface area contributed by atoms with Crippen molar-refractivity contribution in [2.75, 3.05) is 16.8 Å². The fourth-order valence-corrected chi connectivity index (χ4v) is 5.52. The van der Waals surface area contributed by atoms with E-state index in [1.807, 2.05) is 42.5 Å². The minimum absolute atomic E-state index is 0.0566. The molecule has 0 radical (unpaired) electrons. The zero-order valence-corrected chi connectivity index (χ0v) is 22.9. The highest BCUT2D eigenvalue weighted by Crippen LogP contribution is 2.38. The summed E-state index contributed by atoms with van der Waals surface area (Å²) in [7, 11) is 0. The van der Waals surface area contributed by atoms with Gasteiger partial charge in [0.1, 0.15) is 21.3 Å². The highest BCUT2D eigenvalue weighted by atomic mass is 79.9. The molecule has 2 N–H and O–H groups in total. The van der Waals surface area contributed by atoms with Gasteiger partial charge in [-0.1, -0.05) is 26.0 Å². The molecule has 4 heterocycles. The van der Waals surface area contributed by atoms with Crippen molar-refractivity contribution in [1.82, 2.24) is 19.7 Å². The Bertz CT molecular complexity index is 1180. The molecule has 1 saturated heterocycles. The predicted octanol–water partition coefficient (Wildman–Crippen LogP) is 6.26. The Labute approximate surface area is 219 Å². The molecular formula is C26H31BrN6OS. The van der Waals surface area contributed by atoms with Gasteiger partial charge in [0, 0.05) is 30.2 Å². The van der Waals surface area contributed by atoms with Gasteiger partial charge in [-0.05, 0) is 84.9 Å². The van der Waals surface area contributed by atoms with Gasteiger partial charge < -0.3 is 10.2 Å². The van der Waals surface area contributed by atoms with Crippen molar-refractivity contribution in [3.05, 3.63) is 70.6 Å². The number of nitrogens with zero attached hydrogens (tertiary/aromatic N) is 4. The summed E-state index contributed by atoms with van der Waals surface area (Å²) in [6.45, 7) is 9.61. The van der Waals surface area contributed by atoms with E-state index in [0.717, 1.165) is 30.9 Å². The minimum atomic E-state index is -0.194. The second-order valence-electron chi connectivity index (χ2n) is 9.49. The van der Waals surface area contributed by atoms with Gasteiger partial charge in [-0.25, -0.2) is 9.97 Å². The summed E-state index contributed by atoms with van der Waals surface area (Å²) in [5.41, 5.74) is 1.45. The summed E-state index contributed by atoms with van der Waals surface area (Å²) < 4.78 is 3.67. The number of rotatable bonds is 8. The first-order valence-corrected chi connectivity index (χ1v) is 13.4. The third kappa shape index (κ3) is 6.13. The van der Waals surface area contributed by atoms with Crippen molar-refractivity contribution >= 4 is 45.4 Å². The van der Waals surface area contributed by atoms with Crippen LogP contribution in [0.15, 0.2) is 64.4 Å². The standard InChI is InChI=1S/C26H31BrN6OS/c1-5-19(20-9-6-7-14-28-20)29-22-10-8-11-23(31-22)35-32-25(34)18-12-13-21(27)30-24(18)33-16-17(2)15-26(33,3)4/h6-14,17,19H,5,15-16H2,1-4H3,(H,29,31)(H,32,34). The lowest BCUT2D eigenvalue weighted by Gasteiger charge is -2.33. The first-order chi connectivity index (χ1) is 16.8. The van der Waals surface area contributed by atoms with E-state index in [0.29, 0.717) is 26.9 Å². The third-order valence-electron chi connectivity index (χ3n) is 6.16. The molecule has 7 nitrogen and oxygen atoms in total. The normalized spacial score (nSPS) is 17.7.